The van der Waals surface area contributed by atoms with E-state index in [-0.39, 0.29) is 11.9 Å². The lowest BCUT2D eigenvalue weighted by atomic mass is 10.2. The summed E-state index contributed by atoms with van der Waals surface area (Å²) in [7, 11) is 0. The van der Waals surface area contributed by atoms with Gasteiger partial charge >= 0.3 is 0 Å². The molecule has 0 aromatic carbocycles. The zero-order valence-electron chi connectivity index (χ0n) is 8.25. The zero-order valence-corrected chi connectivity index (χ0v) is 10.7. The van der Waals surface area contributed by atoms with Crippen LogP contribution in [0.25, 0.3) is 0 Å². The van der Waals surface area contributed by atoms with Crippen molar-refractivity contribution >= 4 is 33.0 Å². The number of hydrogen-bond acceptors (Lipinski definition) is 3. The van der Waals surface area contributed by atoms with E-state index in [9.17, 15) is 4.79 Å². The van der Waals surface area contributed by atoms with Crippen LogP contribution in [0.15, 0.2) is 15.9 Å². The molecule has 0 fully saturated rings. The summed E-state index contributed by atoms with van der Waals surface area (Å²) in [6, 6.07) is 3.92. The third-order valence-corrected chi connectivity index (χ3v) is 3.47. The van der Waals surface area contributed by atoms with Crippen LogP contribution in [0.4, 0.5) is 0 Å². The predicted molar refractivity (Wildman–Crippen MR) is 61.8 cm³/mol. The van der Waals surface area contributed by atoms with Gasteiger partial charge in [0.25, 0.3) is 0 Å². The van der Waals surface area contributed by atoms with Gasteiger partial charge in [-0.15, -0.1) is 11.3 Å². The van der Waals surface area contributed by atoms with Gasteiger partial charge in [0.2, 0.25) is 0 Å². The van der Waals surface area contributed by atoms with Crippen molar-refractivity contribution in [3.05, 3.63) is 20.8 Å². The third-order valence-electron chi connectivity index (χ3n) is 1.85. The van der Waals surface area contributed by atoms with Crippen LogP contribution < -0.4 is 0 Å². The minimum absolute atomic E-state index is 0.140. The Balaban J connectivity index is 2.48. The maximum absolute atomic E-state index is 11.6. The van der Waals surface area contributed by atoms with E-state index in [0.29, 0.717) is 13.0 Å². The average Bonchev–Trinajstić information content (AvgIpc) is 2.51. The van der Waals surface area contributed by atoms with Gasteiger partial charge in [-0.1, -0.05) is 0 Å². The first kappa shape index (κ1) is 11.9. The molecule has 2 nitrogen and oxygen atoms in total. The number of ether oxygens (including phenoxy) is 1. The normalized spacial score (nSPS) is 12.8. The molecule has 0 aliphatic heterocycles. The highest BCUT2D eigenvalue weighted by Crippen LogP contribution is 2.22. The lowest BCUT2D eigenvalue weighted by Gasteiger charge is -2.08. The summed E-state index contributed by atoms with van der Waals surface area (Å²) in [5, 5.41) is 0. The first-order valence-electron chi connectivity index (χ1n) is 4.52. The van der Waals surface area contributed by atoms with Crippen LogP contribution in [0.2, 0.25) is 0 Å². The molecule has 1 rings (SSSR count). The molecule has 78 valence electrons. The smallest absolute Gasteiger partial charge is 0.166 e. The number of ketones is 1. The van der Waals surface area contributed by atoms with E-state index in [0.717, 1.165) is 8.66 Å². The van der Waals surface area contributed by atoms with Crippen LogP contribution in [0, 0.1) is 0 Å². The van der Waals surface area contributed by atoms with E-state index in [1.807, 2.05) is 19.1 Å². The van der Waals surface area contributed by atoms with Crippen LogP contribution in [-0.4, -0.2) is 18.5 Å². The molecule has 1 unspecified atom stereocenters. The highest BCUT2D eigenvalue weighted by atomic mass is 79.9. The second kappa shape index (κ2) is 5.63. The van der Waals surface area contributed by atoms with Crippen LogP contribution >= 0.6 is 27.3 Å². The molecule has 4 heteroatoms. The summed E-state index contributed by atoms with van der Waals surface area (Å²) >= 11 is 4.96. The highest BCUT2D eigenvalue weighted by molar-refractivity contribution is 9.11. The molecule has 0 spiro atoms. The van der Waals surface area contributed by atoms with Gasteiger partial charge in [-0.25, -0.2) is 0 Å². The Morgan fingerprint density at radius 2 is 2.36 bits per heavy atom. The Morgan fingerprint density at radius 3 is 2.86 bits per heavy atom. The van der Waals surface area contributed by atoms with Gasteiger partial charge in [0.05, 0.1) is 3.79 Å². The topological polar surface area (TPSA) is 26.3 Å². The van der Waals surface area contributed by atoms with Gasteiger partial charge in [0.1, 0.15) is 6.10 Å². The maximum Gasteiger partial charge on any atom is 0.166 e. The molecule has 1 atom stereocenters. The first-order chi connectivity index (χ1) is 6.63. The fourth-order valence-electron chi connectivity index (χ4n) is 1.11. The molecule has 0 saturated carbocycles. The summed E-state index contributed by atoms with van der Waals surface area (Å²) in [5.41, 5.74) is 0. The van der Waals surface area contributed by atoms with Crippen molar-refractivity contribution in [3.8, 4) is 0 Å². The molecule has 1 heterocycles. The van der Waals surface area contributed by atoms with Gasteiger partial charge in [-0.05, 0) is 41.9 Å². The lowest BCUT2D eigenvalue weighted by molar-refractivity contribution is -0.128. The number of halogens is 1. The van der Waals surface area contributed by atoms with Crippen LogP contribution in [0.5, 0.6) is 0 Å². The second-order valence-electron chi connectivity index (χ2n) is 2.95. The number of hydrogen-bond donors (Lipinski definition) is 0. The van der Waals surface area contributed by atoms with Crippen molar-refractivity contribution in [1.29, 1.82) is 0 Å². The van der Waals surface area contributed by atoms with E-state index in [1.54, 1.807) is 18.3 Å². The quantitative estimate of drug-likeness (QED) is 0.826. The monoisotopic (exact) mass is 276 g/mol. The molecule has 14 heavy (non-hydrogen) atoms. The first-order valence-corrected chi connectivity index (χ1v) is 6.13. The summed E-state index contributed by atoms with van der Waals surface area (Å²) in [4.78, 5) is 12.7. The SMILES string of the molecule is CCOC(C)C(=O)Cc1ccc(Br)s1. The molecule has 0 bridgehead atoms. The standard InChI is InChI=1S/C10H13BrO2S/c1-3-13-7(2)9(12)6-8-4-5-10(11)14-8/h4-5,7H,3,6H2,1-2H3. The van der Waals surface area contributed by atoms with Gasteiger partial charge in [0.15, 0.2) is 5.78 Å². The number of carbonyl (C=O) groups excluding carboxylic acids is 1. The Hall–Kier alpha value is -0.190. The van der Waals surface area contributed by atoms with Crippen molar-refractivity contribution in [2.45, 2.75) is 26.4 Å². The van der Waals surface area contributed by atoms with Crippen LogP contribution in [0.3, 0.4) is 0 Å². The molecule has 0 radical (unpaired) electrons. The van der Waals surface area contributed by atoms with E-state index in [1.165, 1.54) is 0 Å². The molecule has 1 aromatic heterocycles. The van der Waals surface area contributed by atoms with Gasteiger partial charge < -0.3 is 4.74 Å². The largest absolute Gasteiger partial charge is 0.371 e. The van der Waals surface area contributed by atoms with Gasteiger partial charge in [-0.3, -0.25) is 4.79 Å². The summed E-state index contributed by atoms with van der Waals surface area (Å²) in [5.74, 6) is 0.140. The molecule has 0 saturated heterocycles. The third kappa shape index (κ3) is 3.52. The maximum atomic E-state index is 11.6. The Kier molecular flexibility index (Phi) is 4.78. The summed E-state index contributed by atoms with van der Waals surface area (Å²) in [6.45, 7) is 4.28. The molecule has 0 amide bonds. The van der Waals surface area contributed by atoms with Crippen molar-refractivity contribution in [2.75, 3.05) is 6.61 Å². The molecule has 0 aliphatic rings. The van der Waals surface area contributed by atoms with E-state index < -0.39 is 0 Å². The second-order valence-corrected chi connectivity index (χ2v) is 5.49. The van der Waals surface area contributed by atoms with Crippen LogP contribution in [0.1, 0.15) is 18.7 Å². The van der Waals surface area contributed by atoms with Crippen molar-refractivity contribution < 1.29 is 9.53 Å². The highest BCUT2D eigenvalue weighted by Gasteiger charge is 2.13. The minimum Gasteiger partial charge on any atom is -0.371 e. The van der Waals surface area contributed by atoms with Crippen molar-refractivity contribution in [3.63, 3.8) is 0 Å². The molecular formula is C10H13BrO2S. The average molecular weight is 277 g/mol. The molecular weight excluding hydrogens is 264 g/mol. The van der Waals surface area contributed by atoms with Crippen LogP contribution in [-0.2, 0) is 16.0 Å². The van der Waals surface area contributed by atoms with E-state index in [2.05, 4.69) is 15.9 Å². The molecule has 0 aliphatic carbocycles. The van der Waals surface area contributed by atoms with E-state index in [4.69, 9.17) is 4.74 Å². The zero-order chi connectivity index (χ0) is 10.6. The lowest BCUT2D eigenvalue weighted by Crippen LogP contribution is -2.22. The molecule has 1 aromatic rings. The summed E-state index contributed by atoms with van der Waals surface area (Å²) in [6.07, 6.45) is 0.179. The van der Waals surface area contributed by atoms with Gasteiger partial charge in [0, 0.05) is 17.9 Å². The minimum atomic E-state index is -0.291. The van der Waals surface area contributed by atoms with E-state index >= 15 is 0 Å². The number of thiophene rings is 1. The summed E-state index contributed by atoms with van der Waals surface area (Å²) < 4.78 is 6.29. The molecule has 0 N–H and O–H groups in total. The number of Topliss-reactive ketones (excluding diaryl/α,β-unsaturated/α-hetero) is 1. The number of rotatable bonds is 5. The fraction of sp³-hybridized carbons (Fsp3) is 0.500. The van der Waals surface area contributed by atoms with Crippen molar-refractivity contribution in [2.24, 2.45) is 0 Å². The Bertz CT molecular complexity index is 309. The fourth-order valence-corrected chi connectivity index (χ4v) is 2.60. The van der Waals surface area contributed by atoms with Gasteiger partial charge in [-0.2, -0.15) is 0 Å². The van der Waals surface area contributed by atoms with Crippen molar-refractivity contribution in [1.82, 2.24) is 0 Å². The Labute approximate surface area is 96.4 Å². The Morgan fingerprint density at radius 1 is 1.64 bits per heavy atom. The number of carbonyl (C=O) groups is 1. The predicted octanol–water partition coefficient (Wildman–Crippen LogP) is 3.05.